The number of thiazole rings is 1. The van der Waals surface area contributed by atoms with E-state index in [1.165, 1.54) is 23.5 Å². The highest BCUT2D eigenvalue weighted by atomic mass is 32.1. The van der Waals surface area contributed by atoms with E-state index >= 15 is 0 Å². The Morgan fingerprint density at radius 3 is 2.48 bits per heavy atom. The first-order chi connectivity index (χ1) is 13.0. The molecule has 0 aliphatic heterocycles. The molecule has 4 nitrogen and oxygen atoms in total. The number of hydrogen-bond acceptors (Lipinski definition) is 5. The zero-order valence-electron chi connectivity index (χ0n) is 14.2. The summed E-state index contributed by atoms with van der Waals surface area (Å²) in [6.45, 7) is 2.13. The highest BCUT2D eigenvalue weighted by molar-refractivity contribution is 7.09. The average Bonchev–Trinajstić information content (AvgIpc) is 3.13. The van der Waals surface area contributed by atoms with Crippen molar-refractivity contribution in [3.05, 3.63) is 69.9 Å². The lowest BCUT2D eigenvalue weighted by Crippen LogP contribution is -2.05. The van der Waals surface area contributed by atoms with Gasteiger partial charge >= 0.3 is 5.97 Å². The summed E-state index contributed by atoms with van der Waals surface area (Å²) < 4.78 is 50.6. The molecule has 3 aromatic rings. The SMILES string of the molecule is CCOC(=O)c1csc(COc2ccc(-c3cc(F)c(F)cc3F)cc2)n1. The van der Waals surface area contributed by atoms with E-state index in [0.717, 1.165) is 6.07 Å². The van der Waals surface area contributed by atoms with Crippen LogP contribution < -0.4 is 4.74 Å². The van der Waals surface area contributed by atoms with Crippen LogP contribution in [0.15, 0.2) is 41.8 Å². The molecule has 0 radical (unpaired) electrons. The van der Waals surface area contributed by atoms with Crippen molar-refractivity contribution in [2.45, 2.75) is 13.5 Å². The average molecular weight is 393 g/mol. The molecule has 2 aromatic carbocycles. The molecule has 0 fully saturated rings. The van der Waals surface area contributed by atoms with Crippen molar-refractivity contribution in [3.63, 3.8) is 0 Å². The second-order valence-corrected chi connectivity index (χ2v) is 6.35. The lowest BCUT2D eigenvalue weighted by molar-refractivity contribution is 0.0520. The van der Waals surface area contributed by atoms with Crippen LogP contribution in [0.25, 0.3) is 11.1 Å². The lowest BCUT2D eigenvalue weighted by Gasteiger charge is -2.07. The second kappa shape index (κ2) is 8.22. The largest absolute Gasteiger partial charge is 0.486 e. The summed E-state index contributed by atoms with van der Waals surface area (Å²) >= 11 is 1.26. The molecular formula is C19H14F3NO3S. The van der Waals surface area contributed by atoms with Gasteiger partial charge in [-0.05, 0) is 30.7 Å². The van der Waals surface area contributed by atoms with E-state index in [4.69, 9.17) is 9.47 Å². The first-order valence-corrected chi connectivity index (χ1v) is 8.85. The van der Waals surface area contributed by atoms with E-state index < -0.39 is 23.4 Å². The molecule has 0 bridgehead atoms. The predicted molar refractivity (Wildman–Crippen MR) is 94.2 cm³/mol. The van der Waals surface area contributed by atoms with E-state index in [9.17, 15) is 18.0 Å². The zero-order chi connectivity index (χ0) is 19.4. The van der Waals surface area contributed by atoms with Gasteiger partial charge in [0.2, 0.25) is 0 Å². The number of halogens is 3. The number of carbonyl (C=O) groups is 1. The number of esters is 1. The Hall–Kier alpha value is -2.87. The van der Waals surface area contributed by atoms with Gasteiger partial charge in [0, 0.05) is 17.0 Å². The van der Waals surface area contributed by atoms with Gasteiger partial charge < -0.3 is 9.47 Å². The quantitative estimate of drug-likeness (QED) is 0.438. The molecule has 0 spiro atoms. The molecular weight excluding hydrogens is 379 g/mol. The van der Waals surface area contributed by atoms with Gasteiger partial charge in [-0.1, -0.05) is 12.1 Å². The molecule has 1 heterocycles. The minimum Gasteiger partial charge on any atom is -0.486 e. The van der Waals surface area contributed by atoms with Gasteiger partial charge in [0.15, 0.2) is 17.3 Å². The number of ether oxygens (including phenoxy) is 2. The topological polar surface area (TPSA) is 48.4 Å². The maximum atomic E-state index is 13.8. The number of hydrogen-bond donors (Lipinski definition) is 0. The summed E-state index contributed by atoms with van der Waals surface area (Å²) in [7, 11) is 0. The minimum absolute atomic E-state index is 0.0422. The highest BCUT2D eigenvalue weighted by Crippen LogP contribution is 2.27. The van der Waals surface area contributed by atoms with Crippen molar-refractivity contribution in [2.75, 3.05) is 6.61 Å². The fourth-order valence-electron chi connectivity index (χ4n) is 2.30. The molecule has 140 valence electrons. The van der Waals surface area contributed by atoms with E-state index in [-0.39, 0.29) is 24.5 Å². The van der Waals surface area contributed by atoms with Crippen molar-refractivity contribution in [1.29, 1.82) is 0 Å². The Balaban J connectivity index is 1.66. The first-order valence-electron chi connectivity index (χ1n) is 7.97. The van der Waals surface area contributed by atoms with E-state index in [1.807, 2.05) is 0 Å². The number of nitrogens with zero attached hydrogens (tertiary/aromatic N) is 1. The van der Waals surface area contributed by atoms with Crippen LogP contribution >= 0.6 is 11.3 Å². The third-order valence-corrected chi connectivity index (χ3v) is 4.40. The van der Waals surface area contributed by atoms with Crippen molar-refractivity contribution < 1.29 is 27.4 Å². The van der Waals surface area contributed by atoms with Crippen LogP contribution in [0.5, 0.6) is 5.75 Å². The summed E-state index contributed by atoms with van der Waals surface area (Å²) in [5, 5.41) is 2.18. The van der Waals surface area contributed by atoms with Crippen molar-refractivity contribution in [1.82, 2.24) is 4.98 Å². The molecule has 0 aliphatic rings. The van der Waals surface area contributed by atoms with Crippen LogP contribution in [0, 0.1) is 17.5 Å². The molecule has 27 heavy (non-hydrogen) atoms. The summed E-state index contributed by atoms with van der Waals surface area (Å²) in [6.07, 6.45) is 0. The summed E-state index contributed by atoms with van der Waals surface area (Å²) in [5.41, 5.74) is 0.571. The third kappa shape index (κ3) is 4.46. The van der Waals surface area contributed by atoms with Crippen molar-refractivity contribution in [2.24, 2.45) is 0 Å². The molecule has 0 saturated heterocycles. The van der Waals surface area contributed by atoms with Crippen molar-refractivity contribution in [3.8, 4) is 16.9 Å². The van der Waals surface area contributed by atoms with Crippen LogP contribution in [0.2, 0.25) is 0 Å². The van der Waals surface area contributed by atoms with Gasteiger partial charge in [0.25, 0.3) is 0 Å². The number of aromatic nitrogens is 1. The fourth-order valence-corrected chi connectivity index (χ4v) is 2.97. The third-order valence-electron chi connectivity index (χ3n) is 3.57. The Labute approximate surface area is 157 Å². The van der Waals surface area contributed by atoms with Crippen molar-refractivity contribution >= 4 is 17.3 Å². The molecule has 1 aromatic heterocycles. The maximum Gasteiger partial charge on any atom is 0.357 e. The second-order valence-electron chi connectivity index (χ2n) is 5.41. The molecule has 0 N–H and O–H groups in total. The Morgan fingerprint density at radius 1 is 1.07 bits per heavy atom. The summed E-state index contributed by atoms with van der Waals surface area (Å²) in [6, 6.07) is 7.56. The number of rotatable bonds is 6. The molecule has 0 atom stereocenters. The van der Waals surface area contributed by atoms with Crippen LogP contribution in [-0.2, 0) is 11.3 Å². The monoisotopic (exact) mass is 393 g/mol. The number of carbonyl (C=O) groups excluding carboxylic acids is 1. The predicted octanol–water partition coefficient (Wildman–Crippen LogP) is 4.98. The van der Waals surface area contributed by atoms with Gasteiger partial charge in [0.1, 0.15) is 23.2 Å². The smallest absolute Gasteiger partial charge is 0.357 e. The fraction of sp³-hybridized carbons (Fsp3) is 0.158. The maximum absolute atomic E-state index is 13.8. The summed E-state index contributed by atoms with van der Waals surface area (Å²) in [4.78, 5) is 15.7. The minimum atomic E-state index is -1.23. The van der Waals surface area contributed by atoms with Gasteiger partial charge in [-0.2, -0.15) is 0 Å². The molecule has 0 aliphatic carbocycles. The first kappa shape index (κ1) is 18.9. The standard InChI is InChI=1S/C19H14F3NO3S/c1-2-25-19(24)17-10-27-18(23-17)9-26-12-5-3-11(4-6-12)13-7-15(21)16(22)8-14(13)20/h3-8,10H,2,9H2,1H3. The van der Waals surface area contributed by atoms with Gasteiger partial charge in [0.05, 0.1) is 6.61 Å². The number of benzene rings is 2. The van der Waals surface area contributed by atoms with Gasteiger partial charge in [-0.25, -0.2) is 22.9 Å². The molecule has 0 amide bonds. The lowest BCUT2D eigenvalue weighted by atomic mass is 10.0. The van der Waals surface area contributed by atoms with Crippen LogP contribution in [0.4, 0.5) is 13.2 Å². The van der Waals surface area contributed by atoms with E-state index in [1.54, 1.807) is 24.4 Å². The van der Waals surface area contributed by atoms with Crippen LogP contribution in [0.1, 0.15) is 22.4 Å². The Kier molecular flexibility index (Phi) is 5.75. The van der Waals surface area contributed by atoms with Gasteiger partial charge in [-0.15, -0.1) is 11.3 Å². The summed E-state index contributed by atoms with van der Waals surface area (Å²) in [5.74, 6) is -3.21. The Bertz CT molecular complexity index is 957. The van der Waals surface area contributed by atoms with E-state index in [2.05, 4.69) is 4.98 Å². The normalized spacial score (nSPS) is 10.7. The molecule has 8 heteroatoms. The van der Waals surface area contributed by atoms with Crippen LogP contribution in [-0.4, -0.2) is 17.6 Å². The molecule has 0 saturated carbocycles. The molecule has 3 rings (SSSR count). The molecule has 0 unspecified atom stereocenters. The van der Waals surface area contributed by atoms with Crippen LogP contribution in [0.3, 0.4) is 0 Å². The van der Waals surface area contributed by atoms with Gasteiger partial charge in [-0.3, -0.25) is 0 Å². The zero-order valence-corrected chi connectivity index (χ0v) is 15.0. The van der Waals surface area contributed by atoms with E-state index in [0.29, 0.717) is 22.4 Å². The highest BCUT2D eigenvalue weighted by Gasteiger charge is 2.13. The Morgan fingerprint density at radius 2 is 1.78 bits per heavy atom.